The van der Waals surface area contributed by atoms with Gasteiger partial charge in [-0.05, 0) is 36.7 Å². The van der Waals surface area contributed by atoms with E-state index in [1.807, 2.05) is 19.1 Å². The van der Waals surface area contributed by atoms with Gasteiger partial charge in [0.05, 0.1) is 0 Å². The molecule has 0 saturated carbocycles. The van der Waals surface area contributed by atoms with Crippen LogP contribution in [0, 0.1) is 17.5 Å². The van der Waals surface area contributed by atoms with Crippen LogP contribution in [0.1, 0.15) is 24.1 Å². The third-order valence-corrected chi connectivity index (χ3v) is 3.47. The predicted octanol–water partition coefficient (Wildman–Crippen LogP) is 4.65. The molecule has 1 atom stereocenters. The molecule has 112 valence electrons. The first-order chi connectivity index (χ1) is 10.0. The van der Waals surface area contributed by atoms with Crippen molar-refractivity contribution >= 4 is 11.6 Å². The minimum Gasteiger partial charge on any atom is -0.310 e. The Morgan fingerprint density at radius 2 is 1.62 bits per heavy atom. The molecule has 0 aliphatic rings. The van der Waals surface area contributed by atoms with E-state index in [1.54, 1.807) is 12.1 Å². The minimum absolute atomic E-state index is 0.116. The lowest BCUT2D eigenvalue weighted by Gasteiger charge is -2.19. The Labute approximate surface area is 126 Å². The molecule has 2 aromatic carbocycles. The highest BCUT2D eigenvalue weighted by atomic mass is 35.5. The van der Waals surface area contributed by atoms with Crippen molar-refractivity contribution in [1.82, 2.24) is 5.32 Å². The number of hydrogen-bond acceptors (Lipinski definition) is 1. The highest BCUT2D eigenvalue weighted by Gasteiger charge is 2.18. The summed E-state index contributed by atoms with van der Waals surface area (Å²) < 4.78 is 40.3. The summed E-state index contributed by atoms with van der Waals surface area (Å²) in [6, 6.07) is 8.18. The van der Waals surface area contributed by atoms with Crippen molar-refractivity contribution < 1.29 is 13.2 Å². The molecule has 5 heteroatoms. The molecule has 0 heterocycles. The van der Waals surface area contributed by atoms with Crippen molar-refractivity contribution in [2.24, 2.45) is 0 Å². The molecule has 0 amide bonds. The molecule has 0 aromatic heterocycles. The monoisotopic (exact) mass is 313 g/mol. The SMILES string of the molecule is CCNC(Cc1ccc(Cl)cc1)c1cc(F)c(F)cc1F. The number of likely N-dealkylation sites (N-methyl/N-ethyl adjacent to an activating group) is 1. The molecular weight excluding hydrogens is 299 g/mol. The summed E-state index contributed by atoms with van der Waals surface area (Å²) in [5.74, 6) is -2.99. The molecule has 1 unspecified atom stereocenters. The van der Waals surface area contributed by atoms with E-state index in [-0.39, 0.29) is 5.56 Å². The van der Waals surface area contributed by atoms with Crippen molar-refractivity contribution in [2.75, 3.05) is 6.54 Å². The minimum atomic E-state index is -1.18. The van der Waals surface area contributed by atoms with Gasteiger partial charge in [-0.2, -0.15) is 0 Å². The zero-order valence-corrected chi connectivity index (χ0v) is 12.2. The van der Waals surface area contributed by atoms with Gasteiger partial charge in [0.15, 0.2) is 11.6 Å². The lowest BCUT2D eigenvalue weighted by atomic mass is 9.98. The van der Waals surface area contributed by atoms with Gasteiger partial charge in [-0.1, -0.05) is 30.7 Å². The van der Waals surface area contributed by atoms with E-state index in [2.05, 4.69) is 5.32 Å². The second-order valence-electron chi connectivity index (χ2n) is 4.73. The van der Waals surface area contributed by atoms with E-state index in [0.717, 1.165) is 11.6 Å². The van der Waals surface area contributed by atoms with Gasteiger partial charge in [0.1, 0.15) is 5.82 Å². The Balaban J connectivity index is 2.30. The van der Waals surface area contributed by atoms with Crippen molar-refractivity contribution in [3.63, 3.8) is 0 Å². The largest absolute Gasteiger partial charge is 0.310 e. The van der Waals surface area contributed by atoms with Crippen molar-refractivity contribution in [1.29, 1.82) is 0 Å². The molecule has 0 bridgehead atoms. The lowest BCUT2D eigenvalue weighted by Crippen LogP contribution is -2.24. The molecule has 2 aromatic rings. The van der Waals surface area contributed by atoms with Gasteiger partial charge in [0, 0.05) is 22.7 Å². The van der Waals surface area contributed by atoms with E-state index in [4.69, 9.17) is 11.6 Å². The third kappa shape index (κ3) is 3.99. The molecule has 0 saturated heterocycles. The second-order valence-corrected chi connectivity index (χ2v) is 5.17. The van der Waals surface area contributed by atoms with Crippen LogP contribution < -0.4 is 5.32 Å². The van der Waals surface area contributed by atoms with Crippen LogP contribution in [-0.4, -0.2) is 6.54 Å². The first-order valence-corrected chi connectivity index (χ1v) is 7.01. The van der Waals surface area contributed by atoms with Gasteiger partial charge in [0.2, 0.25) is 0 Å². The molecule has 1 nitrogen and oxygen atoms in total. The van der Waals surface area contributed by atoms with Crippen LogP contribution in [0.3, 0.4) is 0 Å². The van der Waals surface area contributed by atoms with Crippen molar-refractivity contribution in [3.05, 3.63) is 70.0 Å². The summed E-state index contributed by atoms with van der Waals surface area (Å²) in [7, 11) is 0. The first kappa shape index (κ1) is 15.9. The fraction of sp³-hybridized carbons (Fsp3) is 0.250. The Morgan fingerprint density at radius 3 is 2.24 bits per heavy atom. The van der Waals surface area contributed by atoms with Crippen molar-refractivity contribution in [3.8, 4) is 0 Å². The summed E-state index contributed by atoms with van der Waals surface area (Å²) in [6.07, 6.45) is 0.451. The number of halogens is 4. The summed E-state index contributed by atoms with van der Waals surface area (Å²) in [5, 5.41) is 3.70. The van der Waals surface area contributed by atoms with Gasteiger partial charge in [0.25, 0.3) is 0 Å². The molecule has 0 aliphatic carbocycles. The Kier molecular flexibility index (Phi) is 5.26. The number of benzene rings is 2. The second kappa shape index (κ2) is 6.96. The summed E-state index contributed by atoms with van der Waals surface area (Å²) in [6.45, 7) is 2.45. The number of nitrogens with one attached hydrogen (secondary N) is 1. The molecule has 0 spiro atoms. The van der Waals surface area contributed by atoms with Gasteiger partial charge in [-0.15, -0.1) is 0 Å². The van der Waals surface area contributed by atoms with Gasteiger partial charge in [-0.25, -0.2) is 13.2 Å². The Hall–Kier alpha value is -1.52. The van der Waals surface area contributed by atoms with E-state index in [0.29, 0.717) is 24.1 Å². The van der Waals surface area contributed by atoms with Crippen LogP contribution >= 0.6 is 11.6 Å². The number of hydrogen-bond donors (Lipinski definition) is 1. The van der Waals surface area contributed by atoms with E-state index >= 15 is 0 Å². The van der Waals surface area contributed by atoms with Gasteiger partial charge < -0.3 is 5.32 Å². The lowest BCUT2D eigenvalue weighted by molar-refractivity contribution is 0.467. The molecule has 2 rings (SSSR count). The molecule has 21 heavy (non-hydrogen) atoms. The van der Waals surface area contributed by atoms with Gasteiger partial charge in [-0.3, -0.25) is 0 Å². The van der Waals surface area contributed by atoms with Crippen LogP contribution in [0.5, 0.6) is 0 Å². The maximum Gasteiger partial charge on any atom is 0.161 e. The molecule has 1 N–H and O–H groups in total. The fourth-order valence-corrected chi connectivity index (χ4v) is 2.33. The molecule has 0 aliphatic heterocycles. The summed E-state index contributed by atoms with van der Waals surface area (Å²) in [4.78, 5) is 0. The van der Waals surface area contributed by atoms with E-state index in [1.165, 1.54) is 0 Å². The maximum absolute atomic E-state index is 13.9. The number of rotatable bonds is 5. The average Bonchev–Trinajstić information content (AvgIpc) is 2.45. The predicted molar refractivity (Wildman–Crippen MR) is 77.9 cm³/mol. The van der Waals surface area contributed by atoms with Crippen molar-refractivity contribution in [2.45, 2.75) is 19.4 Å². The Morgan fingerprint density at radius 1 is 1.00 bits per heavy atom. The topological polar surface area (TPSA) is 12.0 Å². The quantitative estimate of drug-likeness (QED) is 0.792. The average molecular weight is 314 g/mol. The molecule has 0 fully saturated rings. The van der Waals surface area contributed by atoms with Crippen LogP contribution in [-0.2, 0) is 6.42 Å². The zero-order valence-electron chi connectivity index (χ0n) is 11.5. The standard InChI is InChI=1S/C16H15ClF3N/c1-2-21-16(7-10-3-5-11(17)6-4-10)12-8-14(19)15(20)9-13(12)18/h3-6,8-9,16,21H,2,7H2,1H3. The molecular formula is C16H15ClF3N. The van der Waals surface area contributed by atoms with Crippen LogP contribution in [0.15, 0.2) is 36.4 Å². The fourth-order valence-electron chi connectivity index (χ4n) is 2.20. The summed E-state index contributed by atoms with van der Waals surface area (Å²) in [5.41, 5.74) is 1.04. The zero-order chi connectivity index (χ0) is 15.4. The highest BCUT2D eigenvalue weighted by Crippen LogP contribution is 2.24. The van der Waals surface area contributed by atoms with Crippen LogP contribution in [0.25, 0.3) is 0 Å². The maximum atomic E-state index is 13.9. The van der Waals surface area contributed by atoms with Gasteiger partial charge >= 0.3 is 0 Å². The summed E-state index contributed by atoms with van der Waals surface area (Å²) >= 11 is 5.82. The van der Waals surface area contributed by atoms with Crippen LogP contribution in [0.2, 0.25) is 5.02 Å². The first-order valence-electron chi connectivity index (χ1n) is 6.63. The Bertz CT molecular complexity index is 614. The smallest absolute Gasteiger partial charge is 0.161 e. The van der Waals surface area contributed by atoms with Crippen LogP contribution in [0.4, 0.5) is 13.2 Å². The third-order valence-electron chi connectivity index (χ3n) is 3.22. The van der Waals surface area contributed by atoms with E-state index < -0.39 is 23.5 Å². The van der Waals surface area contributed by atoms with E-state index in [9.17, 15) is 13.2 Å². The molecule has 0 radical (unpaired) electrons. The highest BCUT2D eigenvalue weighted by molar-refractivity contribution is 6.30. The normalized spacial score (nSPS) is 12.4.